The summed E-state index contributed by atoms with van der Waals surface area (Å²) < 4.78 is 5.44. The first-order chi connectivity index (χ1) is 8.97. The van der Waals surface area contributed by atoms with Crippen molar-refractivity contribution in [2.45, 2.75) is 32.2 Å². The van der Waals surface area contributed by atoms with E-state index in [0.29, 0.717) is 0 Å². The van der Waals surface area contributed by atoms with Crippen molar-refractivity contribution >= 4 is 0 Å². The number of ether oxygens (including phenoxy) is 1. The number of methoxy groups -OCH3 is 1. The van der Waals surface area contributed by atoms with Crippen LogP contribution in [0.3, 0.4) is 0 Å². The third-order valence-corrected chi connectivity index (χ3v) is 3.97. The number of nitriles is 1. The average Bonchev–Trinajstić information content (AvgIpc) is 2.82. The van der Waals surface area contributed by atoms with Crippen LogP contribution >= 0.6 is 0 Å². The Morgan fingerprint density at radius 3 is 2.53 bits per heavy atom. The molecule has 2 rings (SSSR count). The number of para-hydroxylation sites is 1. The molecule has 2 atom stereocenters. The van der Waals surface area contributed by atoms with Crippen LogP contribution < -0.4 is 4.74 Å². The maximum Gasteiger partial charge on any atom is 0.122 e. The Kier molecular flexibility index (Phi) is 3.82. The van der Waals surface area contributed by atoms with Crippen LogP contribution in [0.1, 0.15) is 32.3 Å². The lowest BCUT2D eigenvalue weighted by molar-refractivity contribution is 0.170. The van der Waals surface area contributed by atoms with E-state index in [0.717, 1.165) is 24.4 Å². The van der Waals surface area contributed by atoms with Gasteiger partial charge < -0.3 is 4.74 Å². The number of nitrogens with zero attached hydrogens (tertiary/aromatic N) is 2. The zero-order chi connectivity index (χ0) is 14.0. The topological polar surface area (TPSA) is 36.3 Å². The number of hydrogen-bond donors (Lipinski definition) is 0. The van der Waals surface area contributed by atoms with Gasteiger partial charge in [0.2, 0.25) is 0 Å². The largest absolute Gasteiger partial charge is 0.496 e. The van der Waals surface area contributed by atoms with Crippen LogP contribution in [-0.2, 0) is 0 Å². The molecule has 0 aromatic heterocycles. The van der Waals surface area contributed by atoms with Gasteiger partial charge in [0.1, 0.15) is 5.75 Å². The molecule has 3 nitrogen and oxygen atoms in total. The Hall–Kier alpha value is -1.53. The van der Waals surface area contributed by atoms with Crippen LogP contribution in [0.4, 0.5) is 0 Å². The van der Waals surface area contributed by atoms with Crippen molar-refractivity contribution in [3.63, 3.8) is 0 Å². The number of benzene rings is 1. The zero-order valence-electron chi connectivity index (χ0n) is 12.2. The van der Waals surface area contributed by atoms with Crippen LogP contribution in [0, 0.1) is 17.2 Å². The molecule has 0 spiro atoms. The Labute approximate surface area is 115 Å². The summed E-state index contributed by atoms with van der Waals surface area (Å²) in [5.74, 6) is 1.17. The first-order valence-electron chi connectivity index (χ1n) is 6.75. The van der Waals surface area contributed by atoms with E-state index in [1.54, 1.807) is 7.11 Å². The molecule has 0 aliphatic carbocycles. The predicted molar refractivity (Wildman–Crippen MR) is 76.2 cm³/mol. The fraction of sp³-hybridized carbons (Fsp3) is 0.562. The quantitative estimate of drug-likeness (QED) is 0.818. The second-order valence-corrected chi connectivity index (χ2v) is 6.16. The minimum absolute atomic E-state index is 0.0375. The Bertz CT molecular complexity index is 484. The molecule has 0 radical (unpaired) electrons. The van der Waals surface area contributed by atoms with Gasteiger partial charge in [-0.1, -0.05) is 18.2 Å². The van der Waals surface area contributed by atoms with E-state index in [-0.39, 0.29) is 17.4 Å². The normalized spacial score (nSPS) is 24.2. The summed E-state index contributed by atoms with van der Waals surface area (Å²) in [5.41, 5.74) is 1.26. The third kappa shape index (κ3) is 2.74. The molecule has 1 saturated heterocycles. The van der Waals surface area contributed by atoms with Gasteiger partial charge in [0, 0.05) is 24.5 Å². The lowest BCUT2D eigenvalue weighted by atomic mass is 9.89. The lowest BCUT2D eigenvalue weighted by Gasteiger charge is -2.31. The molecule has 19 heavy (non-hydrogen) atoms. The molecule has 102 valence electrons. The smallest absolute Gasteiger partial charge is 0.122 e. The Balaban J connectivity index is 2.31. The van der Waals surface area contributed by atoms with Gasteiger partial charge in [0.05, 0.1) is 19.1 Å². The zero-order valence-corrected chi connectivity index (χ0v) is 12.2. The maximum absolute atomic E-state index is 9.43. The van der Waals surface area contributed by atoms with Crippen LogP contribution in [-0.4, -0.2) is 30.6 Å². The molecule has 0 saturated carbocycles. The highest BCUT2D eigenvalue weighted by Crippen LogP contribution is 2.39. The van der Waals surface area contributed by atoms with Gasteiger partial charge in [-0.25, -0.2) is 0 Å². The molecule has 3 heteroatoms. The molecule has 0 unspecified atom stereocenters. The number of hydrogen-bond acceptors (Lipinski definition) is 3. The van der Waals surface area contributed by atoms with Crippen molar-refractivity contribution in [1.82, 2.24) is 4.90 Å². The molecule has 1 aliphatic heterocycles. The summed E-state index contributed by atoms with van der Waals surface area (Å²) in [6, 6.07) is 10.5. The van der Waals surface area contributed by atoms with E-state index in [4.69, 9.17) is 4.74 Å². The molecule has 1 aromatic carbocycles. The van der Waals surface area contributed by atoms with E-state index >= 15 is 0 Å². The van der Waals surface area contributed by atoms with E-state index in [1.165, 1.54) is 0 Å². The summed E-state index contributed by atoms with van der Waals surface area (Å²) in [5, 5.41) is 9.43. The average molecular weight is 258 g/mol. The standard InChI is InChI=1S/C16H22N2O/c1-16(2,3)18-10-12(9-17)14(11-18)13-7-5-6-8-15(13)19-4/h5-8,12,14H,10-11H2,1-4H3/t12-,14-/m1/s1. The summed E-state index contributed by atoms with van der Waals surface area (Å²) >= 11 is 0. The first kappa shape index (κ1) is 13.9. The molecule has 1 aromatic rings. The van der Waals surface area contributed by atoms with Gasteiger partial charge in [0.15, 0.2) is 0 Å². The first-order valence-corrected chi connectivity index (χ1v) is 6.75. The van der Waals surface area contributed by atoms with Gasteiger partial charge in [-0.15, -0.1) is 0 Å². The molecular formula is C16H22N2O. The molecular weight excluding hydrogens is 236 g/mol. The van der Waals surface area contributed by atoms with Crippen molar-refractivity contribution < 1.29 is 4.74 Å². The number of rotatable bonds is 2. The molecule has 1 aliphatic rings. The Morgan fingerprint density at radius 2 is 1.95 bits per heavy atom. The predicted octanol–water partition coefficient (Wildman–Crippen LogP) is 3.03. The molecule has 0 amide bonds. The monoisotopic (exact) mass is 258 g/mol. The van der Waals surface area contributed by atoms with Crippen LogP contribution in [0.15, 0.2) is 24.3 Å². The van der Waals surface area contributed by atoms with Crippen molar-refractivity contribution in [3.8, 4) is 11.8 Å². The van der Waals surface area contributed by atoms with E-state index < -0.39 is 0 Å². The highest BCUT2D eigenvalue weighted by molar-refractivity contribution is 5.38. The van der Waals surface area contributed by atoms with Crippen molar-refractivity contribution in [3.05, 3.63) is 29.8 Å². The van der Waals surface area contributed by atoms with Crippen LogP contribution in [0.5, 0.6) is 5.75 Å². The fourth-order valence-electron chi connectivity index (χ4n) is 2.77. The van der Waals surface area contributed by atoms with Crippen molar-refractivity contribution in [1.29, 1.82) is 5.26 Å². The summed E-state index contributed by atoms with van der Waals surface area (Å²) in [4.78, 5) is 2.39. The highest BCUT2D eigenvalue weighted by Gasteiger charge is 2.39. The minimum Gasteiger partial charge on any atom is -0.496 e. The van der Waals surface area contributed by atoms with Crippen LogP contribution in [0.25, 0.3) is 0 Å². The number of likely N-dealkylation sites (tertiary alicyclic amines) is 1. The van der Waals surface area contributed by atoms with E-state index in [1.807, 2.05) is 18.2 Å². The molecule has 0 bridgehead atoms. The second kappa shape index (κ2) is 5.22. The molecule has 0 N–H and O–H groups in total. The molecule has 1 heterocycles. The maximum atomic E-state index is 9.43. The summed E-state index contributed by atoms with van der Waals surface area (Å²) in [6.07, 6.45) is 0. The summed E-state index contributed by atoms with van der Waals surface area (Å²) in [6.45, 7) is 8.36. The molecule has 1 fully saturated rings. The second-order valence-electron chi connectivity index (χ2n) is 6.16. The SMILES string of the molecule is COc1ccccc1[C@@H]1CN(C(C)(C)C)C[C@H]1C#N. The third-order valence-electron chi connectivity index (χ3n) is 3.97. The lowest BCUT2D eigenvalue weighted by Crippen LogP contribution is -2.39. The van der Waals surface area contributed by atoms with Gasteiger partial charge in [0.25, 0.3) is 0 Å². The minimum atomic E-state index is 0.0375. The van der Waals surface area contributed by atoms with Gasteiger partial charge in [-0.2, -0.15) is 5.26 Å². The van der Waals surface area contributed by atoms with Gasteiger partial charge in [-0.05, 0) is 32.4 Å². The van der Waals surface area contributed by atoms with Crippen molar-refractivity contribution in [2.24, 2.45) is 5.92 Å². The Morgan fingerprint density at radius 1 is 1.26 bits per heavy atom. The van der Waals surface area contributed by atoms with Gasteiger partial charge >= 0.3 is 0 Å². The van der Waals surface area contributed by atoms with Crippen molar-refractivity contribution in [2.75, 3.05) is 20.2 Å². The van der Waals surface area contributed by atoms with Crippen LogP contribution in [0.2, 0.25) is 0 Å². The summed E-state index contributed by atoms with van der Waals surface area (Å²) in [7, 11) is 1.69. The van der Waals surface area contributed by atoms with Gasteiger partial charge in [-0.3, -0.25) is 4.90 Å². The fourth-order valence-corrected chi connectivity index (χ4v) is 2.77. The highest BCUT2D eigenvalue weighted by atomic mass is 16.5. The van der Waals surface area contributed by atoms with E-state index in [2.05, 4.69) is 37.8 Å². The van der Waals surface area contributed by atoms with E-state index in [9.17, 15) is 5.26 Å².